The highest BCUT2D eigenvalue weighted by atomic mass is 16.2. The highest BCUT2D eigenvalue weighted by Gasteiger charge is 2.33. The van der Waals surface area contributed by atoms with Crippen LogP contribution in [0, 0.1) is 0 Å². The van der Waals surface area contributed by atoms with Crippen molar-refractivity contribution in [3.05, 3.63) is 60.4 Å². The van der Waals surface area contributed by atoms with Gasteiger partial charge in [0.05, 0.1) is 12.5 Å². The second-order valence-corrected chi connectivity index (χ2v) is 8.21. The number of carbonyl (C=O) groups excluding carboxylic acids is 2. The summed E-state index contributed by atoms with van der Waals surface area (Å²) in [6, 6.07) is 14.0. The predicted molar refractivity (Wildman–Crippen MR) is 121 cm³/mol. The van der Waals surface area contributed by atoms with Gasteiger partial charge in [0.1, 0.15) is 0 Å². The van der Waals surface area contributed by atoms with Crippen molar-refractivity contribution in [2.75, 3.05) is 50.7 Å². The van der Waals surface area contributed by atoms with E-state index in [-0.39, 0.29) is 24.3 Å². The monoisotopic (exact) mass is 421 g/mol. The normalized spacial score (nSPS) is 19.9. The van der Waals surface area contributed by atoms with Gasteiger partial charge in [0, 0.05) is 57.3 Å². The van der Waals surface area contributed by atoms with Gasteiger partial charge in [-0.15, -0.1) is 0 Å². The lowest BCUT2D eigenvalue weighted by Gasteiger charge is -2.38. The molecule has 0 aliphatic carbocycles. The average molecular weight is 422 g/mol. The quantitative estimate of drug-likeness (QED) is 0.735. The lowest BCUT2D eigenvalue weighted by atomic mass is 10.1. The predicted octanol–water partition coefficient (Wildman–Crippen LogP) is 1.55. The smallest absolute Gasteiger partial charge is 0.237 e. The van der Waals surface area contributed by atoms with Gasteiger partial charge in [0.25, 0.3) is 0 Å². The summed E-state index contributed by atoms with van der Waals surface area (Å²) in [5.41, 5.74) is 2.45. The Hall–Kier alpha value is -2.93. The van der Waals surface area contributed by atoms with E-state index in [2.05, 4.69) is 44.4 Å². The van der Waals surface area contributed by atoms with E-state index < -0.39 is 0 Å². The first-order chi connectivity index (χ1) is 15.2. The van der Waals surface area contributed by atoms with Crippen LogP contribution in [0.1, 0.15) is 18.4 Å². The zero-order valence-corrected chi connectivity index (χ0v) is 17.9. The largest absolute Gasteiger partial charge is 0.368 e. The van der Waals surface area contributed by atoms with E-state index in [0.29, 0.717) is 19.6 Å². The Morgan fingerprint density at radius 2 is 1.74 bits per heavy atom. The van der Waals surface area contributed by atoms with Crippen LogP contribution in [0.2, 0.25) is 0 Å². The maximum atomic E-state index is 13.0. The summed E-state index contributed by atoms with van der Waals surface area (Å²) >= 11 is 0. The minimum absolute atomic E-state index is 0.0188. The van der Waals surface area contributed by atoms with Crippen LogP contribution in [0.5, 0.6) is 0 Å². The third-order valence-electron chi connectivity index (χ3n) is 6.22. The van der Waals surface area contributed by atoms with Gasteiger partial charge in [0.15, 0.2) is 0 Å². The van der Waals surface area contributed by atoms with E-state index in [0.717, 1.165) is 44.7 Å². The Kier molecular flexibility index (Phi) is 7.14. The summed E-state index contributed by atoms with van der Waals surface area (Å²) in [5.74, 6) is 0.0548. The van der Waals surface area contributed by atoms with E-state index in [9.17, 15) is 9.59 Å². The molecule has 0 saturated carbocycles. The van der Waals surface area contributed by atoms with Crippen LogP contribution in [-0.4, -0.2) is 78.5 Å². The molecule has 2 saturated heterocycles. The van der Waals surface area contributed by atoms with Crippen molar-refractivity contribution in [3.8, 4) is 0 Å². The van der Waals surface area contributed by atoms with E-state index in [1.54, 1.807) is 12.4 Å². The van der Waals surface area contributed by atoms with Gasteiger partial charge < -0.3 is 15.1 Å². The molecule has 31 heavy (non-hydrogen) atoms. The SMILES string of the molecule is O=C1NCCN(CCCc2ccccc2)[C@H]1CC(=O)N1CCN(c2ccncc2)CC1. The summed E-state index contributed by atoms with van der Waals surface area (Å²) in [4.78, 5) is 36.0. The second-order valence-electron chi connectivity index (χ2n) is 8.21. The van der Waals surface area contributed by atoms with Crippen molar-refractivity contribution < 1.29 is 9.59 Å². The number of nitrogens with one attached hydrogen (secondary N) is 1. The molecule has 2 amide bonds. The molecular weight excluding hydrogens is 390 g/mol. The molecule has 2 aliphatic rings. The Labute approximate surface area is 184 Å². The van der Waals surface area contributed by atoms with E-state index in [4.69, 9.17) is 0 Å². The molecule has 0 unspecified atom stereocenters. The van der Waals surface area contributed by atoms with Crippen molar-refractivity contribution in [1.29, 1.82) is 0 Å². The first-order valence-electron chi connectivity index (χ1n) is 11.2. The fourth-order valence-corrected chi connectivity index (χ4v) is 4.45. The summed E-state index contributed by atoms with van der Waals surface area (Å²) in [6.45, 7) is 5.25. The van der Waals surface area contributed by atoms with E-state index in [1.165, 1.54) is 5.56 Å². The van der Waals surface area contributed by atoms with Crippen LogP contribution >= 0.6 is 0 Å². The maximum absolute atomic E-state index is 13.0. The third-order valence-corrected chi connectivity index (χ3v) is 6.22. The number of carbonyl (C=O) groups is 2. The molecule has 0 bridgehead atoms. The summed E-state index contributed by atoms with van der Waals surface area (Å²) < 4.78 is 0. The fourth-order valence-electron chi connectivity index (χ4n) is 4.45. The molecule has 164 valence electrons. The highest BCUT2D eigenvalue weighted by Crippen LogP contribution is 2.17. The van der Waals surface area contributed by atoms with Crippen molar-refractivity contribution >= 4 is 17.5 Å². The van der Waals surface area contributed by atoms with Gasteiger partial charge in [0.2, 0.25) is 11.8 Å². The highest BCUT2D eigenvalue weighted by molar-refractivity contribution is 5.89. The molecule has 7 heteroatoms. The second kappa shape index (κ2) is 10.4. The number of amides is 2. The van der Waals surface area contributed by atoms with Crippen LogP contribution in [0.25, 0.3) is 0 Å². The minimum Gasteiger partial charge on any atom is -0.368 e. The van der Waals surface area contributed by atoms with Crippen molar-refractivity contribution in [2.24, 2.45) is 0 Å². The molecule has 4 rings (SSSR count). The number of benzene rings is 1. The van der Waals surface area contributed by atoms with E-state index >= 15 is 0 Å². The van der Waals surface area contributed by atoms with Crippen LogP contribution in [0.3, 0.4) is 0 Å². The first kappa shape index (κ1) is 21.3. The standard InChI is InChI=1S/C24H31N5O2/c30-23(29-17-15-27(16-18-29)21-8-10-25-11-9-21)19-22-24(31)26-12-14-28(22)13-4-7-20-5-2-1-3-6-20/h1-3,5-6,8-11,22H,4,7,12-19H2,(H,26,31)/t22-/m0/s1. The van der Waals surface area contributed by atoms with Crippen molar-refractivity contribution in [3.63, 3.8) is 0 Å². The molecule has 2 fully saturated rings. The van der Waals surface area contributed by atoms with Gasteiger partial charge >= 0.3 is 0 Å². The number of nitrogens with zero attached hydrogens (tertiary/aromatic N) is 4. The number of hydrogen-bond acceptors (Lipinski definition) is 5. The summed E-state index contributed by atoms with van der Waals surface area (Å²) in [7, 11) is 0. The summed E-state index contributed by atoms with van der Waals surface area (Å²) in [5, 5.41) is 2.94. The lowest BCUT2D eigenvalue weighted by Crippen LogP contribution is -2.57. The Morgan fingerprint density at radius 3 is 2.48 bits per heavy atom. The number of rotatable bonds is 7. The zero-order chi connectivity index (χ0) is 21.5. The van der Waals surface area contributed by atoms with Gasteiger partial charge in [-0.05, 0) is 37.1 Å². The molecule has 1 aromatic carbocycles. The maximum Gasteiger partial charge on any atom is 0.237 e. The number of anilines is 1. The molecule has 1 N–H and O–H groups in total. The molecule has 3 heterocycles. The average Bonchev–Trinajstić information content (AvgIpc) is 2.82. The molecule has 2 aromatic rings. The van der Waals surface area contributed by atoms with Gasteiger partial charge in [-0.3, -0.25) is 19.5 Å². The van der Waals surface area contributed by atoms with Crippen molar-refractivity contribution in [2.45, 2.75) is 25.3 Å². The number of aryl methyl sites for hydroxylation is 1. The molecule has 0 spiro atoms. The van der Waals surface area contributed by atoms with Gasteiger partial charge in [-0.1, -0.05) is 30.3 Å². The number of hydrogen-bond donors (Lipinski definition) is 1. The van der Waals surface area contributed by atoms with E-state index in [1.807, 2.05) is 23.1 Å². The Bertz CT molecular complexity index is 853. The zero-order valence-electron chi connectivity index (χ0n) is 17.9. The van der Waals surface area contributed by atoms with Gasteiger partial charge in [-0.25, -0.2) is 0 Å². The summed E-state index contributed by atoms with van der Waals surface area (Å²) in [6.07, 6.45) is 5.80. The van der Waals surface area contributed by atoms with Crippen LogP contribution < -0.4 is 10.2 Å². The molecule has 0 radical (unpaired) electrons. The Balaban J connectivity index is 1.28. The van der Waals surface area contributed by atoms with Crippen molar-refractivity contribution in [1.82, 2.24) is 20.1 Å². The topological polar surface area (TPSA) is 68.8 Å². The number of pyridine rings is 1. The number of aromatic nitrogens is 1. The lowest BCUT2D eigenvalue weighted by molar-refractivity contribution is -0.139. The first-order valence-corrected chi connectivity index (χ1v) is 11.2. The Morgan fingerprint density at radius 1 is 1.00 bits per heavy atom. The molecule has 1 aromatic heterocycles. The van der Waals surface area contributed by atoms with Crippen LogP contribution in [-0.2, 0) is 16.0 Å². The fraction of sp³-hybridized carbons (Fsp3) is 0.458. The molecule has 1 atom stereocenters. The molecular formula is C24H31N5O2. The van der Waals surface area contributed by atoms with Crippen LogP contribution in [0.4, 0.5) is 5.69 Å². The third kappa shape index (κ3) is 5.61. The molecule has 7 nitrogen and oxygen atoms in total. The number of piperazine rings is 2. The van der Waals surface area contributed by atoms with Gasteiger partial charge in [-0.2, -0.15) is 0 Å². The minimum atomic E-state index is -0.366. The van der Waals surface area contributed by atoms with Crippen LogP contribution in [0.15, 0.2) is 54.9 Å². The molecule has 2 aliphatic heterocycles.